The molecule has 0 aliphatic heterocycles. The fourth-order valence-electron chi connectivity index (χ4n) is 8.49. The Morgan fingerprint density at radius 1 is 0.467 bits per heavy atom. The summed E-state index contributed by atoms with van der Waals surface area (Å²) in [4.78, 5) is 26.1. The van der Waals surface area contributed by atoms with Crippen molar-refractivity contribution in [2.24, 2.45) is 0 Å². The number of rotatable bonds is 49. The zero-order valence-electron chi connectivity index (χ0n) is 40.6. The summed E-state index contributed by atoms with van der Waals surface area (Å²) in [6, 6.07) is -0.698. The molecule has 0 aliphatic rings. The first-order valence-electron chi connectivity index (χ1n) is 26.9. The van der Waals surface area contributed by atoms with Crippen LogP contribution < -0.4 is 5.32 Å². The van der Waals surface area contributed by atoms with E-state index in [4.69, 9.17) is 4.74 Å². The fourth-order valence-corrected chi connectivity index (χ4v) is 8.49. The number of hydrogen-bond donors (Lipinski definition) is 3. The van der Waals surface area contributed by atoms with Crippen LogP contribution >= 0.6 is 0 Å². The lowest BCUT2D eigenvalue weighted by Crippen LogP contribution is -2.46. The van der Waals surface area contributed by atoms with Gasteiger partial charge in [0, 0.05) is 6.42 Å². The molecule has 6 heteroatoms. The van der Waals surface area contributed by atoms with Crippen molar-refractivity contribution in [3.63, 3.8) is 0 Å². The Morgan fingerprint density at radius 3 is 1.18 bits per heavy atom. The largest absolute Gasteiger partial charge is 0.462 e. The third-order valence-electron chi connectivity index (χ3n) is 12.6. The number of carbonyl (C=O) groups is 2. The molecule has 0 aromatic heterocycles. The van der Waals surface area contributed by atoms with Gasteiger partial charge in [0.15, 0.2) is 0 Å². The highest BCUT2D eigenvalue weighted by Gasteiger charge is 2.24. The van der Waals surface area contributed by atoms with Gasteiger partial charge in [0.1, 0.15) is 6.10 Å². The number of nitrogens with one attached hydrogen (secondary N) is 1. The molecule has 0 rings (SSSR count). The van der Waals surface area contributed by atoms with Gasteiger partial charge in [-0.2, -0.15) is 0 Å². The number of ether oxygens (including phenoxy) is 1. The van der Waals surface area contributed by atoms with E-state index in [1.54, 1.807) is 0 Å². The summed E-state index contributed by atoms with van der Waals surface area (Å²) in [5.74, 6) is -0.465. The van der Waals surface area contributed by atoms with Crippen molar-refractivity contribution in [3.05, 3.63) is 12.2 Å². The second kappa shape index (κ2) is 48.6. The second-order valence-corrected chi connectivity index (χ2v) is 18.6. The van der Waals surface area contributed by atoms with Crippen LogP contribution in [-0.4, -0.2) is 46.9 Å². The van der Waals surface area contributed by atoms with Crippen LogP contribution in [0.1, 0.15) is 297 Å². The highest BCUT2D eigenvalue weighted by molar-refractivity contribution is 5.77. The molecule has 0 spiro atoms. The van der Waals surface area contributed by atoms with Crippen molar-refractivity contribution in [2.45, 2.75) is 315 Å². The van der Waals surface area contributed by atoms with Crippen molar-refractivity contribution >= 4 is 11.9 Å². The van der Waals surface area contributed by atoms with E-state index in [1.165, 1.54) is 193 Å². The first-order chi connectivity index (χ1) is 29.5. The normalized spacial score (nSPS) is 13.2. The number of hydrogen-bond acceptors (Lipinski definition) is 5. The lowest BCUT2D eigenvalue weighted by Gasteiger charge is -2.24. The molecule has 0 radical (unpaired) electrons. The van der Waals surface area contributed by atoms with Crippen LogP contribution in [-0.2, 0) is 14.3 Å². The SMILES string of the molecule is CCCCCCCC/C=C/CCCCCCCC(CC(=O)NC(CO)C(O)CCCCCCCCCCCCCCCCC)OC(=O)CCCCCCCCCCCCC. The molecule has 0 aromatic rings. The number of aliphatic hydroxyl groups excluding tert-OH is 2. The first-order valence-corrected chi connectivity index (χ1v) is 26.9. The quantitative estimate of drug-likeness (QED) is 0.0322. The Balaban J connectivity index is 4.51. The van der Waals surface area contributed by atoms with Gasteiger partial charge in [-0.15, -0.1) is 0 Å². The van der Waals surface area contributed by atoms with Gasteiger partial charge in [-0.1, -0.05) is 245 Å². The van der Waals surface area contributed by atoms with E-state index < -0.39 is 18.2 Å². The van der Waals surface area contributed by atoms with Gasteiger partial charge in [-0.05, 0) is 51.4 Å². The highest BCUT2D eigenvalue weighted by Crippen LogP contribution is 2.18. The van der Waals surface area contributed by atoms with Gasteiger partial charge < -0.3 is 20.3 Å². The summed E-state index contributed by atoms with van der Waals surface area (Å²) in [6.45, 7) is 6.50. The minimum atomic E-state index is -0.784. The molecule has 356 valence electrons. The molecular weight excluding hydrogens is 743 g/mol. The molecule has 3 unspecified atom stereocenters. The van der Waals surface area contributed by atoms with Gasteiger partial charge in [-0.25, -0.2) is 0 Å². The maximum atomic E-state index is 13.2. The third-order valence-corrected chi connectivity index (χ3v) is 12.6. The van der Waals surface area contributed by atoms with Gasteiger partial charge in [0.05, 0.1) is 25.2 Å². The standard InChI is InChI=1S/C54H105NO5/c1-4-7-10-13-16-19-22-24-26-28-31-33-36-39-42-45-50(60-54(59)47-44-41-38-35-30-21-18-15-12-9-6-3)48-53(58)55-51(49-56)52(57)46-43-40-37-34-32-29-27-25-23-20-17-14-11-8-5-2/h24,26,50-52,56-57H,4-23,25,27-49H2,1-3H3,(H,55,58)/b26-24+. The molecule has 6 nitrogen and oxygen atoms in total. The zero-order valence-corrected chi connectivity index (χ0v) is 40.6. The van der Waals surface area contributed by atoms with E-state index in [0.29, 0.717) is 19.3 Å². The van der Waals surface area contributed by atoms with Crippen LogP contribution in [0.5, 0.6) is 0 Å². The first kappa shape index (κ1) is 58.6. The van der Waals surface area contributed by atoms with Gasteiger partial charge in [0.2, 0.25) is 5.91 Å². The maximum absolute atomic E-state index is 13.2. The Morgan fingerprint density at radius 2 is 0.800 bits per heavy atom. The minimum absolute atomic E-state index is 0.0789. The molecule has 3 N–H and O–H groups in total. The van der Waals surface area contributed by atoms with Crippen molar-refractivity contribution < 1.29 is 24.5 Å². The average Bonchev–Trinajstić information content (AvgIpc) is 3.24. The van der Waals surface area contributed by atoms with Crippen LogP contribution in [0.4, 0.5) is 0 Å². The van der Waals surface area contributed by atoms with Gasteiger partial charge >= 0.3 is 5.97 Å². The van der Waals surface area contributed by atoms with E-state index in [0.717, 1.165) is 57.8 Å². The molecule has 0 saturated carbocycles. The molecule has 60 heavy (non-hydrogen) atoms. The Bertz CT molecular complexity index is 909. The van der Waals surface area contributed by atoms with Crippen LogP contribution in [0.25, 0.3) is 0 Å². The molecular formula is C54H105NO5. The summed E-state index contributed by atoms with van der Waals surface area (Å²) in [5, 5.41) is 23.8. The van der Waals surface area contributed by atoms with Gasteiger partial charge in [0.25, 0.3) is 0 Å². The number of esters is 1. The van der Waals surface area contributed by atoms with E-state index in [2.05, 4.69) is 38.2 Å². The van der Waals surface area contributed by atoms with E-state index in [9.17, 15) is 19.8 Å². The molecule has 0 bridgehead atoms. The molecule has 3 atom stereocenters. The smallest absolute Gasteiger partial charge is 0.306 e. The van der Waals surface area contributed by atoms with Crippen molar-refractivity contribution in [1.82, 2.24) is 5.32 Å². The van der Waals surface area contributed by atoms with Gasteiger partial charge in [-0.3, -0.25) is 9.59 Å². The van der Waals surface area contributed by atoms with Crippen molar-refractivity contribution in [3.8, 4) is 0 Å². The topological polar surface area (TPSA) is 95.9 Å². The number of unbranched alkanes of at least 4 members (excludes halogenated alkanes) is 35. The predicted octanol–water partition coefficient (Wildman–Crippen LogP) is 16.1. The average molecular weight is 848 g/mol. The lowest BCUT2D eigenvalue weighted by atomic mass is 10.0. The van der Waals surface area contributed by atoms with Crippen LogP contribution in [0, 0.1) is 0 Å². The number of amides is 1. The molecule has 0 saturated heterocycles. The zero-order chi connectivity index (χ0) is 43.8. The molecule has 0 aromatic carbocycles. The second-order valence-electron chi connectivity index (χ2n) is 18.6. The van der Waals surface area contributed by atoms with Crippen LogP contribution in [0.15, 0.2) is 12.2 Å². The maximum Gasteiger partial charge on any atom is 0.306 e. The molecule has 0 heterocycles. The molecule has 0 fully saturated rings. The number of allylic oxidation sites excluding steroid dienone is 2. The minimum Gasteiger partial charge on any atom is -0.462 e. The highest BCUT2D eigenvalue weighted by atomic mass is 16.5. The van der Waals surface area contributed by atoms with Crippen molar-refractivity contribution in [2.75, 3.05) is 6.61 Å². The monoisotopic (exact) mass is 848 g/mol. The lowest BCUT2D eigenvalue weighted by molar-refractivity contribution is -0.151. The summed E-state index contributed by atoms with van der Waals surface area (Å²) in [5.41, 5.74) is 0. The van der Waals surface area contributed by atoms with Crippen molar-refractivity contribution in [1.29, 1.82) is 0 Å². The summed E-state index contributed by atoms with van der Waals surface area (Å²) in [6.07, 6.45) is 54.1. The fraction of sp³-hybridized carbons (Fsp3) is 0.926. The van der Waals surface area contributed by atoms with Crippen LogP contribution in [0.2, 0.25) is 0 Å². The van der Waals surface area contributed by atoms with E-state index >= 15 is 0 Å². The van der Waals surface area contributed by atoms with Crippen LogP contribution in [0.3, 0.4) is 0 Å². The predicted molar refractivity (Wildman–Crippen MR) is 260 cm³/mol. The van der Waals surface area contributed by atoms with E-state index in [1.807, 2.05) is 0 Å². The number of carbonyl (C=O) groups excluding carboxylic acids is 2. The third kappa shape index (κ3) is 43.3. The molecule has 1 amide bonds. The molecule has 0 aliphatic carbocycles. The summed E-state index contributed by atoms with van der Waals surface area (Å²) in [7, 11) is 0. The Labute approximate surface area is 374 Å². The summed E-state index contributed by atoms with van der Waals surface area (Å²) < 4.78 is 5.93. The number of aliphatic hydroxyl groups is 2. The Kier molecular flexibility index (Phi) is 47.5. The Hall–Kier alpha value is -1.40. The summed E-state index contributed by atoms with van der Waals surface area (Å²) >= 11 is 0. The van der Waals surface area contributed by atoms with E-state index in [-0.39, 0.29) is 24.9 Å².